The molecule has 27 heavy (non-hydrogen) atoms. The van der Waals surface area contributed by atoms with Crippen LogP contribution < -0.4 is 4.72 Å². The molecule has 1 aromatic heterocycles. The molecule has 0 aliphatic heterocycles. The number of sulfonamides is 1. The van der Waals surface area contributed by atoms with Gasteiger partial charge in [0, 0.05) is 12.1 Å². The van der Waals surface area contributed by atoms with Crippen LogP contribution in [0, 0.1) is 6.92 Å². The summed E-state index contributed by atoms with van der Waals surface area (Å²) in [6, 6.07) is 22.3. The fourth-order valence-electron chi connectivity index (χ4n) is 2.97. The summed E-state index contributed by atoms with van der Waals surface area (Å²) >= 11 is 0. The third kappa shape index (κ3) is 3.77. The quantitative estimate of drug-likeness (QED) is 0.552. The zero-order chi connectivity index (χ0) is 18.9. The van der Waals surface area contributed by atoms with Crippen LogP contribution in [0.3, 0.4) is 0 Å². The summed E-state index contributed by atoms with van der Waals surface area (Å²) in [7, 11) is -3.58. The maximum atomic E-state index is 12.5. The molecule has 0 fully saturated rings. The first kappa shape index (κ1) is 17.5. The number of aromatic nitrogens is 2. The van der Waals surface area contributed by atoms with Crippen LogP contribution in [-0.2, 0) is 16.6 Å². The number of benzene rings is 3. The topological polar surface area (TPSA) is 74.8 Å². The molecule has 6 heteroatoms. The number of fused-ring (bicyclic) bond motifs is 1. The van der Waals surface area contributed by atoms with Gasteiger partial charge < -0.3 is 4.98 Å². The lowest BCUT2D eigenvalue weighted by Gasteiger charge is -2.08. The van der Waals surface area contributed by atoms with Gasteiger partial charge in [-0.1, -0.05) is 42.0 Å². The second-order valence-electron chi connectivity index (χ2n) is 6.44. The lowest BCUT2D eigenvalue weighted by molar-refractivity contribution is 0.581. The third-order valence-electron chi connectivity index (χ3n) is 4.38. The van der Waals surface area contributed by atoms with E-state index in [-0.39, 0.29) is 11.4 Å². The van der Waals surface area contributed by atoms with Gasteiger partial charge in [-0.05, 0) is 48.9 Å². The molecule has 4 rings (SSSR count). The van der Waals surface area contributed by atoms with Crippen molar-refractivity contribution in [1.29, 1.82) is 0 Å². The summed E-state index contributed by atoms with van der Waals surface area (Å²) < 4.78 is 27.7. The number of aryl methyl sites for hydroxylation is 1. The van der Waals surface area contributed by atoms with E-state index < -0.39 is 10.0 Å². The standard InChI is InChI=1S/C21H19N3O2S/c1-15-5-4-6-16(13-15)14-22-27(25,26)18-11-9-17(10-12-18)21-23-19-7-2-3-8-20(19)24-21/h2-13,22H,14H2,1H3,(H,23,24). The molecule has 0 bridgehead atoms. The van der Waals surface area contributed by atoms with Crippen LogP contribution in [0.5, 0.6) is 0 Å². The SMILES string of the molecule is Cc1cccc(CNS(=O)(=O)c2ccc(-c3nc4ccccc4[nH]3)cc2)c1. The molecule has 0 radical (unpaired) electrons. The fraction of sp³-hybridized carbons (Fsp3) is 0.0952. The van der Waals surface area contributed by atoms with E-state index in [4.69, 9.17) is 0 Å². The highest BCUT2D eigenvalue weighted by molar-refractivity contribution is 7.89. The minimum absolute atomic E-state index is 0.231. The molecule has 0 aliphatic carbocycles. The monoisotopic (exact) mass is 377 g/mol. The molecule has 0 atom stereocenters. The molecule has 0 spiro atoms. The van der Waals surface area contributed by atoms with Crippen molar-refractivity contribution in [1.82, 2.24) is 14.7 Å². The first-order valence-corrected chi connectivity index (χ1v) is 10.1. The molecule has 2 N–H and O–H groups in total. The Balaban J connectivity index is 1.53. The van der Waals surface area contributed by atoms with Crippen molar-refractivity contribution in [3.8, 4) is 11.4 Å². The van der Waals surface area contributed by atoms with Gasteiger partial charge in [-0.15, -0.1) is 0 Å². The molecule has 3 aromatic carbocycles. The summed E-state index contributed by atoms with van der Waals surface area (Å²) in [6.07, 6.45) is 0. The Labute approximate surface area is 158 Å². The molecule has 0 aliphatic rings. The van der Waals surface area contributed by atoms with E-state index >= 15 is 0 Å². The van der Waals surface area contributed by atoms with Crippen LogP contribution in [0.2, 0.25) is 0 Å². The van der Waals surface area contributed by atoms with Crippen LogP contribution >= 0.6 is 0 Å². The number of nitrogens with one attached hydrogen (secondary N) is 2. The Morgan fingerprint density at radius 2 is 1.74 bits per heavy atom. The van der Waals surface area contributed by atoms with Crippen LogP contribution in [0.1, 0.15) is 11.1 Å². The molecule has 0 unspecified atom stereocenters. The Morgan fingerprint density at radius 1 is 0.963 bits per heavy atom. The Bertz CT molecular complexity index is 1160. The van der Waals surface area contributed by atoms with Crippen LogP contribution in [0.25, 0.3) is 22.4 Å². The maximum absolute atomic E-state index is 12.5. The molecule has 0 amide bonds. The van der Waals surface area contributed by atoms with Crippen molar-refractivity contribution in [3.63, 3.8) is 0 Å². The molecule has 1 heterocycles. The number of hydrogen-bond donors (Lipinski definition) is 2. The van der Waals surface area contributed by atoms with Gasteiger partial charge in [-0.2, -0.15) is 0 Å². The molecular weight excluding hydrogens is 358 g/mol. The highest BCUT2D eigenvalue weighted by Crippen LogP contribution is 2.22. The summed E-state index contributed by atoms with van der Waals surface area (Å²) in [5.74, 6) is 0.716. The number of hydrogen-bond acceptors (Lipinski definition) is 3. The third-order valence-corrected chi connectivity index (χ3v) is 5.79. The fourth-order valence-corrected chi connectivity index (χ4v) is 3.98. The summed E-state index contributed by atoms with van der Waals surface area (Å²) in [4.78, 5) is 8.02. The van der Waals surface area contributed by atoms with Crippen molar-refractivity contribution in [2.45, 2.75) is 18.4 Å². The van der Waals surface area contributed by atoms with E-state index in [1.165, 1.54) is 0 Å². The van der Waals surface area contributed by atoms with Gasteiger partial charge in [0.25, 0.3) is 0 Å². The van der Waals surface area contributed by atoms with Gasteiger partial charge in [-0.3, -0.25) is 0 Å². The van der Waals surface area contributed by atoms with Gasteiger partial charge in [0.1, 0.15) is 5.82 Å². The number of aromatic amines is 1. The van der Waals surface area contributed by atoms with E-state index in [1.54, 1.807) is 24.3 Å². The molecule has 0 saturated heterocycles. The number of H-pyrrole nitrogens is 1. The number of para-hydroxylation sites is 2. The second kappa shape index (κ2) is 6.98. The first-order chi connectivity index (χ1) is 13.0. The van der Waals surface area contributed by atoms with Crippen molar-refractivity contribution < 1.29 is 8.42 Å². The summed E-state index contributed by atoms with van der Waals surface area (Å²) in [6.45, 7) is 2.24. The molecular formula is C21H19N3O2S. The van der Waals surface area contributed by atoms with Crippen LogP contribution in [0.15, 0.2) is 77.7 Å². The van der Waals surface area contributed by atoms with E-state index in [0.29, 0.717) is 5.82 Å². The van der Waals surface area contributed by atoms with E-state index in [9.17, 15) is 8.42 Å². The lowest BCUT2D eigenvalue weighted by Crippen LogP contribution is -2.23. The number of nitrogens with zero attached hydrogens (tertiary/aromatic N) is 1. The average Bonchev–Trinajstić information content (AvgIpc) is 3.11. The highest BCUT2D eigenvalue weighted by atomic mass is 32.2. The zero-order valence-electron chi connectivity index (χ0n) is 14.8. The van der Waals surface area contributed by atoms with Gasteiger partial charge in [0.2, 0.25) is 10.0 Å². The van der Waals surface area contributed by atoms with Gasteiger partial charge in [0.15, 0.2) is 0 Å². The molecule has 136 valence electrons. The van der Waals surface area contributed by atoms with Crippen molar-refractivity contribution in [2.75, 3.05) is 0 Å². The van der Waals surface area contributed by atoms with Crippen molar-refractivity contribution in [3.05, 3.63) is 83.9 Å². The van der Waals surface area contributed by atoms with Crippen LogP contribution in [0.4, 0.5) is 0 Å². The molecule has 5 nitrogen and oxygen atoms in total. The second-order valence-corrected chi connectivity index (χ2v) is 8.21. The first-order valence-electron chi connectivity index (χ1n) is 8.62. The highest BCUT2D eigenvalue weighted by Gasteiger charge is 2.14. The normalized spacial score (nSPS) is 11.7. The molecule has 4 aromatic rings. The van der Waals surface area contributed by atoms with E-state index in [2.05, 4.69) is 14.7 Å². The van der Waals surface area contributed by atoms with E-state index in [1.807, 2.05) is 55.5 Å². The summed E-state index contributed by atoms with van der Waals surface area (Å²) in [5, 5.41) is 0. The van der Waals surface area contributed by atoms with E-state index in [0.717, 1.165) is 27.7 Å². The summed E-state index contributed by atoms with van der Waals surface area (Å²) in [5.41, 5.74) is 4.69. The molecule has 0 saturated carbocycles. The number of rotatable bonds is 5. The largest absolute Gasteiger partial charge is 0.338 e. The Morgan fingerprint density at radius 3 is 2.48 bits per heavy atom. The van der Waals surface area contributed by atoms with Gasteiger partial charge in [0.05, 0.1) is 15.9 Å². The van der Waals surface area contributed by atoms with Gasteiger partial charge in [-0.25, -0.2) is 18.1 Å². The predicted molar refractivity (Wildman–Crippen MR) is 107 cm³/mol. The minimum atomic E-state index is -3.58. The van der Waals surface area contributed by atoms with Gasteiger partial charge >= 0.3 is 0 Å². The Kier molecular flexibility index (Phi) is 4.51. The predicted octanol–water partition coefficient (Wildman–Crippen LogP) is 4.02. The average molecular weight is 377 g/mol. The maximum Gasteiger partial charge on any atom is 0.240 e. The zero-order valence-corrected chi connectivity index (χ0v) is 15.6. The minimum Gasteiger partial charge on any atom is -0.338 e. The van der Waals surface area contributed by atoms with Crippen LogP contribution in [-0.4, -0.2) is 18.4 Å². The lowest BCUT2D eigenvalue weighted by atomic mass is 10.1. The van der Waals surface area contributed by atoms with Crippen molar-refractivity contribution in [2.24, 2.45) is 0 Å². The van der Waals surface area contributed by atoms with Crippen molar-refractivity contribution >= 4 is 21.1 Å². The Hall–Kier alpha value is -2.96. The number of imidazole rings is 1. The smallest absolute Gasteiger partial charge is 0.240 e.